The molecule has 246 valence electrons. The van der Waals surface area contributed by atoms with E-state index in [1.165, 1.54) is 50.1 Å². The predicted octanol–water partition coefficient (Wildman–Crippen LogP) is 13.3. The van der Waals surface area contributed by atoms with Crippen LogP contribution in [0.4, 0.5) is 17.1 Å². The van der Waals surface area contributed by atoms with Gasteiger partial charge in [0.15, 0.2) is 0 Å². The van der Waals surface area contributed by atoms with Crippen molar-refractivity contribution >= 4 is 17.1 Å². The molecule has 3 aliphatic carbocycles. The standard InChI is InChI=1S/C50H41N/c1-5-16-37(17-6-1)38-28-32-44(33-29-38)51(43-23-11-4-12-24-43)45-34-30-39(31-35-45)46-25-15-27-49-47(46)36-40-18-13-14-26-48(40)50(49,41-19-7-2-8-20-41)42-21-9-3-10-22-42/h1-9,11-12,14-17,19-21,23-35H,10,13,18,22,36H2/t50-/m1/s1. The summed E-state index contributed by atoms with van der Waals surface area (Å²) in [6, 6.07) is 57.8. The Kier molecular flexibility index (Phi) is 8.18. The molecule has 0 radical (unpaired) electrons. The van der Waals surface area contributed by atoms with E-state index in [-0.39, 0.29) is 5.41 Å². The quantitative estimate of drug-likeness (QED) is 0.165. The van der Waals surface area contributed by atoms with Crippen molar-refractivity contribution in [2.45, 2.75) is 37.5 Å². The maximum absolute atomic E-state index is 2.46. The van der Waals surface area contributed by atoms with Crippen molar-refractivity contribution in [2.75, 3.05) is 4.90 Å². The Labute approximate surface area is 302 Å². The highest BCUT2D eigenvalue weighted by atomic mass is 15.1. The van der Waals surface area contributed by atoms with Crippen molar-refractivity contribution in [1.82, 2.24) is 0 Å². The van der Waals surface area contributed by atoms with Crippen molar-refractivity contribution in [2.24, 2.45) is 0 Å². The minimum Gasteiger partial charge on any atom is -0.311 e. The molecule has 0 bridgehead atoms. The van der Waals surface area contributed by atoms with Crippen LogP contribution < -0.4 is 4.90 Å². The predicted molar refractivity (Wildman–Crippen MR) is 215 cm³/mol. The lowest BCUT2D eigenvalue weighted by molar-refractivity contribution is 0.629. The number of hydrogen-bond acceptors (Lipinski definition) is 1. The molecule has 0 fully saturated rings. The summed E-state index contributed by atoms with van der Waals surface area (Å²) in [4.78, 5) is 2.36. The van der Waals surface area contributed by atoms with E-state index in [0.29, 0.717) is 0 Å². The number of rotatable bonds is 7. The Morgan fingerprint density at radius 1 is 0.490 bits per heavy atom. The Morgan fingerprint density at radius 3 is 1.78 bits per heavy atom. The number of fused-ring (bicyclic) bond motifs is 1. The van der Waals surface area contributed by atoms with E-state index in [0.717, 1.165) is 49.2 Å². The highest BCUT2D eigenvalue weighted by molar-refractivity contribution is 5.81. The van der Waals surface area contributed by atoms with Crippen molar-refractivity contribution in [1.29, 1.82) is 0 Å². The smallest absolute Gasteiger partial charge is 0.0667 e. The average molecular weight is 656 g/mol. The van der Waals surface area contributed by atoms with Gasteiger partial charge in [0.2, 0.25) is 0 Å². The molecule has 0 aliphatic heterocycles. The minimum absolute atomic E-state index is 0.294. The van der Waals surface area contributed by atoms with Gasteiger partial charge in [0.1, 0.15) is 0 Å². The Bertz CT molecular complexity index is 2290. The lowest BCUT2D eigenvalue weighted by Crippen LogP contribution is -2.38. The number of allylic oxidation sites excluding steroid dienone is 8. The summed E-state index contributed by atoms with van der Waals surface area (Å²) in [5, 5.41) is 0. The highest BCUT2D eigenvalue weighted by Crippen LogP contribution is 2.56. The summed E-state index contributed by atoms with van der Waals surface area (Å²) in [7, 11) is 0. The van der Waals surface area contributed by atoms with Crippen molar-refractivity contribution in [3.63, 3.8) is 0 Å². The number of anilines is 3. The molecule has 0 saturated heterocycles. The molecule has 6 aromatic carbocycles. The third kappa shape index (κ3) is 5.50. The molecular formula is C50H41N. The van der Waals surface area contributed by atoms with Gasteiger partial charge < -0.3 is 4.90 Å². The monoisotopic (exact) mass is 655 g/mol. The van der Waals surface area contributed by atoms with Gasteiger partial charge in [-0.15, -0.1) is 0 Å². The first-order valence-corrected chi connectivity index (χ1v) is 18.3. The number of nitrogens with zero attached hydrogens (tertiary/aromatic N) is 1. The molecule has 1 nitrogen and oxygen atoms in total. The van der Waals surface area contributed by atoms with Gasteiger partial charge in [0, 0.05) is 17.1 Å². The fourth-order valence-electron chi connectivity index (χ4n) is 8.74. The molecular weight excluding hydrogens is 615 g/mol. The van der Waals surface area contributed by atoms with Crippen LogP contribution in [-0.2, 0) is 11.8 Å². The van der Waals surface area contributed by atoms with E-state index in [1.807, 2.05) is 0 Å². The van der Waals surface area contributed by atoms with Crippen LogP contribution in [-0.4, -0.2) is 0 Å². The molecule has 3 aliphatic rings. The van der Waals surface area contributed by atoms with Crippen molar-refractivity contribution < 1.29 is 0 Å². The zero-order valence-electron chi connectivity index (χ0n) is 28.9. The molecule has 6 aromatic rings. The molecule has 9 rings (SSSR count). The van der Waals surface area contributed by atoms with Crippen LogP contribution in [0.15, 0.2) is 205 Å². The third-order valence-electron chi connectivity index (χ3n) is 11.0. The molecule has 0 heterocycles. The van der Waals surface area contributed by atoms with Crippen LogP contribution in [0, 0.1) is 0 Å². The topological polar surface area (TPSA) is 3.24 Å². The van der Waals surface area contributed by atoms with Gasteiger partial charge >= 0.3 is 0 Å². The van der Waals surface area contributed by atoms with Crippen LogP contribution in [0.5, 0.6) is 0 Å². The molecule has 0 amide bonds. The second kappa shape index (κ2) is 13.4. The van der Waals surface area contributed by atoms with Gasteiger partial charge in [-0.2, -0.15) is 0 Å². The van der Waals surface area contributed by atoms with E-state index in [2.05, 4.69) is 193 Å². The first kappa shape index (κ1) is 31.1. The summed E-state index contributed by atoms with van der Waals surface area (Å²) in [5.41, 5.74) is 17.0. The molecule has 0 spiro atoms. The van der Waals surface area contributed by atoms with E-state index >= 15 is 0 Å². The fraction of sp³-hybridized carbons (Fsp3) is 0.120. The van der Waals surface area contributed by atoms with Crippen molar-refractivity contribution in [3.8, 4) is 22.3 Å². The zero-order chi connectivity index (χ0) is 34.0. The fourth-order valence-corrected chi connectivity index (χ4v) is 8.74. The Balaban J connectivity index is 1.16. The Hall–Kier alpha value is -5.92. The molecule has 1 atom stereocenters. The van der Waals surface area contributed by atoms with Crippen LogP contribution in [0.1, 0.15) is 42.4 Å². The number of benzene rings is 6. The highest BCUT2D eigenvalue weighted by Gasteiger charge is 2.46. The Morgan fingerprint density at radius 2 is 1.10 bits per heavy atom. The van der Waals surface area contributed by atoms with Gasteiger partial charge in [0.25, 0.3) is 0 Å². The number of hydrogen-bond donors (Lipinski definition) is 0. The first-order chi connectivity index (χ1) is 25.3. The van der Waals surface area contributed by atoms with Crippen LogP contribution in [0.3, 0.4) is 0 Å². The van der Waals surface area contributed by atoms with Gasteiger partial charge in [-0.05, 0) is 113 Å². The molecule has 1 heteroatoms. The third-order valence-corrected chi connectivity index (χ3v) is 11.0. The molecule has 0 aromatic heterocycles. The van der Waals surface area contributed by atoms with Gasteiger partial charge in [-0.1, -0.05) is 163 Å². The number of para-hydroxylation sites is 1. The summed E-state index contributed by atoms with van der Waals surface area (Å²) in [5.74, 6) is 0. The van der Waals surface area contributed by atoms with Crippen LogP contribution >= 0.6 is 0 Å². The van der Waals surface area contributed by atoms with Gasteiger partial charge in [0.05, 0.1) is 5.41 Å². The van der Waals surface area contributed by atoms with Crippen molar-refractivity contribution in [3.05, 3.63) is 222 Å². The SMILES string of the molecule is C1=CCCC([C@]2(c3ccccc3)C3=C(CCC=C3)Cc3c(-c4ccc(N(c5ccccc5)c5ccc(-c6ccccc6)cc5)cc4)cccc32)=C1. The lowest BCUT2D eigenvalue weighted by atomic mass is 9.56. The zero-order valence-corrected chi connectivity index (χ0v) is 28.9. The van der Waals surface area contributed by atoms with E-state index < -0.39 is 0 Å². The lowest BCUT2D eigenvalue weighted by Gasteiger charge is -2.46. The summed E-state index contributed by atoms with van der Waals surface area (Å²) < 4.78 is 0. The van der Waals surface area contributed by atoms with Gasteiger partial charge in [-0.25, -0.2) is 0 Å². The van der Waals surface area contributed by atoms with Gasteiger partial charge in [-0.3, -0.25) is 0 Å². The minimum atomic E-state index is -0.294. The largest absolute Gasteiger partial charge is 0.311 e. The van der Waals surface area contributed by atoms with Crippen LogP contribution in [0.2, 0.25) is 0 Å². The summed E-state index contributed by atoms with van der Waals surface area (Å²) in [6.07, 6.45) is 17.2. The summed E-state index contributed by atoms with van der Waals surface area (Å²) in [6.45, 7) is 0. The van der Waals surface area contributed by atoms with E-state index in [9.17, 15) is 0 Å². The normalized spacial score (nSPS) is 17.8. The second-order valence-corrected chi connectivity index (χ2v) is 13.9. The van der Waals surface area contributed by atoms with E-state index in [4.69, 9.17) is 0 Å². The molecule has 0 unspecified atom stereocenters. The molecule has 51 heavy (non-hydrogen) atoms. The second-order valence-electron chi connectivity index (χ2n) is 13.9. The van der Waals surface area contributed by atoms with Crippen LogP contribution in [0.25, 0.3) is 22.3 Å². The molecule has 0 N–H and O–H groups in total. The van der Waals surface area contributed by atoms with E-state index in [1.54, 1.807) is 5.57 Å². The average Bonchev–Trinajstić information content (AvgIpc) is 3.22. The molecule has 0 saturated carbocycles. The summed E-state index contributed by atoms with van der Waals surface area (Å²) >= 11 is 0. The maximum Gasteiger partial charge on any atom is 0.0667 e. The maximum atomic E-state index is 2.46. The first-order valence-electron chi connectivity index (χ1n) is 18.3.